The molecule has 1 heterocycles. The Labute approximate surface area is 102 Å². The molecule has 0 bridgehead atoms. The van der Waals surface area contributed by atoms with Gasteiger partial charge in [0.2, 0.25) is 0 Å². The van der Waals surface area contributed by atoms with Crippen LogP contribution in [0, 0.1) is 12.3 Å². The molecule has 2 rings (SSSR count). The third kappa shape index (κ3) is 2.77. The highest BCUT2D eigenvalue weighted by molar-refractivity contribution is 5.99. The van der Waals surface area contributed by atoms with Gasteiger partial charge in [-0.15, -0.1) is 12.3 Å². The number of carbonyl (C=O) groups excluding carboxylic acids is 1. The van der Waals surface area contributed by atoms with Gasteiger partial charge in [0.05, 0.1) is 6.10 Å². The van der Waals surface area contributed by atoms with E-state index >= 15 is 0 Å². The Morgan fingerprint density at radius 2 is 2.35 bits per heavy atom. The fourth-order valence-electron chi connectivity index (χ4n) is 2.35. The average Bonchev–Trinajstić information content (AvgIpc) is 2.59. The van der Waals surface area contributed by atoms with Crippen molar-refractivity contribution in [3.63, 3.8) is 0 Å². The van der Waals surface area contributed by atoms with Gasteiger partial charge in [-0.2, -0.15) is 0 Å². The monoisotopic (exact) mass is 234 g/mol. The number of ether oxygens (including phenoxy) is 2. The first-order chi connectivity index (χ1) is 8.22. The average molecular weight is 234 g/mol. The Kier molecular flexibility index (Phi) is 3.98. The highest BCUT2D eigenvalue weighted by Gasteiger charge is 2.32. The predicted molar refractivity (Wildman–Crippen MR) is 64.2 cm³/mol. The van der Waals surface area contributed by atoms with Crippen LogP contribution in [0.1, 0.15) is 39.0 Å². The van der Waals surface area contributed by atoms with Crippen LogP contribution < -0.4 is 0 Å². The molecule has 2 aliphatic rings. The second-order valence-corrected chi connectivity index (χ2v) is 4.59. The third-order valence-corrected chi connectivity index (χ3v) is 3.40. The van der Waals surface area contributed by atoms with E-state index in [1.54, 1.807) is 0 Å². The predicted octanol–water partition coefficient (Wildman–Crippen LogP) is 2.21. The van der Waals surface area contributed by atoms with Crippen molar-refractivity contribution in [3.05, 3.63) is 11.1 Å². The van der Waals surface area contributed by atoms with E-state index in [1.165, 1.54) is 0 Å². The first kappa shape index (κ1) is 12.3. The molecule has 0 spiro atoms. The van der Waals surface area contributed by atoms with Crippen LogP contribution in [0.2, 0.25) is 0 Å². The van der Waals surface area contributed by atoms with Crippen LogP contribution in [-0.4, -0.2) is 24.8 Å². The maximum Gasteiger partial charge on any atom is 0.162 e. The standard InChI is InChI=1S/C14H18O3/c1-3-6-11-10(2)13(9-12(11)15)17-14-7-4-5-8-16-14/h1,13-14H,4-9H2,2H3/t13-,14?/m0/s1. The van der Waals surface area contributed by atoms with Gasteiger partial charge in [-0.25, -0.2) is 0 Å². The molecular weight excluding hydrogens is 216 g/mol. The molecule has 0 amide bonds. The number of terminal acetylenes is 1. The fraction of sp³-hybridized carbons (Fsp3) is 0.643. The maximum atomic E-state index is 11.8. The maximum absolute atomic E-state index is 11.8. The summed E-state index contributed by atoms with van der Waals surface area (Å²) in [6, 6.07) is 0. The van der Waals surface area contributed by atoms with Gasteiger partial charge >= 0.3 is 0 Å². The molecule has 2 atom stereocenters. The molecule has 92 valence electrons. The van der Waals surface area contributed by atoms with Gasteiger partial charge in [0.1, 0.15) is 0 Å². The summed E-state index contributed by atoms with van der Waals surface area (Å²) in [5, 5.41) is 0. The second kappa shape index (κ2) is 5.48. The van der Waals surface area contributed by atoms with E-state index in [-0.39, 0.29) is 18.2 Å². The summed E-state index contributed by atoms with van der Waals surface area (Å²) in [4.78, 5) is 11.8. The van der Waals surface area contributed by atoms with E-state index in [9.17, 15) is 4.79 Å². The van der Waals surface area contributed by atoms with Gasteiger partial charge in [-0.05, 0) is 31.8 Å². The van der Waals surface area contributed by atoms with Crippen molar-refractivity contribution >= 4 is 5.78 Å². The number of ketones is 1. The summed E-state index contributed by atoms with van der Waals surface area (Å²) < 4.78 is 11.4. The zero-order valence-corrected chi connectivity index (χ0v) is 10.2. The molecule has 3 heteroatoms. The number of allylic oxidation sites excluding steroid dienone is 1. The summed E-state index contributed by atoms with van der Waals surface area (Å²) >= 11 is 0. The van der Waals surface area contributed by atoms with E-state index < -0.39 is 0 Å². The first-order valence-electron chi connectivity index (χ1n) is 6.15. The molecule has 17 heavy (non-hydrogen) atoms. The fourth-order valence-corrected chi connectivity index (χ4v) is 2.35. The molecular formula is C14H18O3. The Balaban J connectivity index is 1.98. The van der Waals surface area contributed by atoms with Crippen molar-refractivity contribution in [2.75, 3.05) is 6.61 Å². The van der Waals surface area contributed by atoms with Gasteiger partial charge < -0.3 is 9.47 Å². The summed E-state index contributed by atoms with van der Waals surface area (Å²) in [6.45, 7) is 2.69. The minimum atomic E-state index is -0.151. The molecule has 1 fully saturated rings. The summed E-state index contributed by atoms with van der Waals surface area (Å²) in [7, 11) is 0. The number of carbonyl (C=O) groups is 1. The van der Waals surface area contributed by atoms with Crippen molar-refractivity contribution in [1.82, 2.24) is 0 Å². The Hall–Kier alpha value is -1.11. The lowest BCUT2D eigenvalue weighted by Crippen LogP contribution is -2.27. The van der Waals surface area contributed by atoms with Gasteiger partial charge in [0.25, 0.3) is 0 Å². The van der Waals surface area contributed by atoms with Crippen LogP contribution in [0.25, 0.3) is 0 Å². The SMILES string of the molecule is C#CCC1=C(C)[C@@H](OC2CCCCO2)CC1=O. The number of Topliss-reactive ketones (excluding diaryl/α,β-unsaturated/α-hetero) is 1. The van der Waals surface area contributed by atoms with Crippen LogP contribution in [-0.2, 0) is 14.3 Å². The van der Waals surface area contributed by atoms with E-state index in [4.69, 9.17) is 15.9 Å². The minimum Gasteiger partial charge on any atom is -0.353 e. The molecule has 1 saturated heterocycles. The number of hydrogen-bond acceptors (Lipinski definition) is 3. The molecule has 1 aliphatic heterocycles. The highest BCUT2D eigenvalue weighted by Crippen LogP contribution is 2.30. The zero-order valence-electron chi connectivity index (χ0n) is 10.2. The lowest BCUT2D eigenvalue weighted by molar-refractivity contribution is -0.180. The van der Waals surface area contributed by atoms with Crippen LogP contribution in [0.5, 0.6) is 0 Å². The van der Waals surface area contributed by atoms with Gasteiger partial charge in [-0.1, -0.05) is 0 Å². The minimum absolute atomic E-state index is 0.126. The van der Waals surface area contributed by atoms with Crippen molar-refractivity contribution in [3.8, 4) is 12.3 Å². The van der Waals surface area contributed by atoms with Crippen LogP contribution >= 0.6 is 0 Å². The van der Waals surface area contributed by atoms with Gasteiger partial charge in [0, 0.05) is 25.0 Å². The molecule has 0 aromatic carbocycles. The van der Waals surface area contributed by atoms with Crippen molar-refractivity contribution < 1.29 is 14.3 Å². The van der Waals surface area contributed by atoms with Gasteiger partial charge in [-0.3, -0.25) is 4.79 Å². The summed E-state index contributed by atoms with van der Waals surface area (Å²) in [5.74, 6) is 2.66. The molecule has 0 aromatic heterocycles. The highest BCUT2D eigenvalue weighted by atomic mass is 16.7. The number of rotatable bonds is 3. The molecule has 0 aromatic rings. The number of hydrogen-bond donors (Lipinski definition) is 0. The summed E-state index contributed by atoms with van der Waals surface area (Å²) in [5.41, 5.74) is 1.75. The quantitative estimate of drug-likeness (QED) is 0.702. The molecule has 3 nitrogen and oxygen atoms in total. The molecule has 1 aliphatic carbocycles. The van der Waals surface area contributed by atoms with Crippen molar-refractivity contribution in [2.45, 2.75) is 51.4 Å². The first-order valence-corrected chi connectivity index (χ1v) is 6.15. The van der Waals surface area contributed by atoms with E-state index in [0.717, 1.165) is 37.0 Å². The van der Waals surface area contributed by atoms with Gasteiger partial charge in [0.15, 0.2) is 12.1 Å². The van der Waals surface area contributed by atoms with Crippen molar-refractivity contribution in [2.24, 2.45) is 0 Å². The lowest BCUT2D eigenvalue weighted by atomic mass is 10.1. The Morgan fingerprint density at radius 1 is 1.53 bits per heavy atom. The third-order valence-electron chi connectivity index (χ3n) is 3.40. The smallest absolute Gasteiger partial charge is 0.162 e. The summed E-state index contributed by atoms with van der Waals surface area (Å²) in [6.07, 6.45) is 8.96. The molecule has 1 unspecified atom stereocenters. The Morgan fingerprint density at radius 3 is 3.00 bits per heavy atom. The van der Waals surface area contributed by atoms with Crippen LogP contribution in [0.4, 0.5) is 0 Å². The molecule has 0 saturated carbocycles. The molecule has 0 radical (unpaired) electrons. The van der Waals surface area contributed by atoms with Crippen molar-refractivity contribution in [1.29, 1.82) is 0 Å². The van der Waals surface area contributed by atoms with Crippen LogP contribution in [0.15, 0.2) is 11.1 Å². The largest absolute Gasteiger partial charge is 0.353 e. The normalized spacial score (nSPS) is 29.5. The molecule has 0 N–H and O–H groups in total. The Bertz CT molecular complexity index is 369. The second-order valence-electron chi connectivity index (χ2n) is 4.59. The van der Waals surface area contributed by atoms with E-state index in [2.05, 4.69) is 5.92 Å². The zero-order chi connectivity index (χ0) is 12.3. The van der Waals surface area contributed by atoms with E-state index in [1.807, 2.05) is 6.92 Å². The van der Waals surface area contributed by atoms with Crippen LogP contribution in [0.3, 0.4) is 0 Å². The lowest BCUT2D eigenvalue weighted by Gasteiger charge is -2.26. The topological polar surface area (TPSA) is 35.5 Å². The van der Waals surface area contributed by atoms with E-state index in [0.29, 0.717) is 12.8 Å².